The second-order valence-electron chi connectivity index (χ2n) is 15.0. The van der Waals surface area contributed by atoms with Crippen molar-refractivity contribution in [2.45, 2.75) is 19.3 Å². The highest BCUT2D eigenvalue weighted by Gasteiger charge is 2.35. The van der Waals surface area contributed by atoms with Crippen LogP contribution in [-0.2, 0) is 5.41 Å². The van der Waals surface area contributed by atoms with Gasteiger partial charge in [0.1, 0.15) is 11.2 Å². The standard InChI is InChI=1S/C52H37N3O/c1-52(2)46-20-12-11-18-40(46)41-27-25-38(30-47(41)52)43-31-45-44-29-37(26-28-48(44)56-49(45)42-19-10-9-17-39(42)43)34-23-21-33(22-24-34)32-54-51(36-15-7-4-8-16-36)55-50(53)35-13-5-3-6-14-35/h3-32,53H,1-2H3. The second-order valence-corrected chi connectivity index (χ2v) is 15.0. The molecule has 56 heavy (non-hydrogen) atoms. The van der Waals surface area contributed by atoms with Crippen LogP contribution in [0.15, 0.2) is 190 Å². The van der Waals surface area contributed by atoms with E-state index in [2.05, 4.69) is 134 Å². The van der Waals surface area contributed by atoms with Gasteiger partial charge in [-0.2, -0.15) is 0 Å². The first-order valence-electron chi connectivity index (χ1n) is 19.0. The third-order valence-electron chi connectivity index (χ3n) is 11.2. The molecule has 0 unspecified atom stereocenters. The molecule has 8 aromatic carbocycles. The number of nitrogens with zero attached hydrogens (tertiary/aromatic N) is 2. The summed E-state index contributed by atoms with van der Waals surface area (Å²) in [5, 5.41) is 13.1. The van der Waals surface area contributed by atoms with E-state index in [1.807, 2.05) is 66.9 Å². The van der Waals surface area contributed by atoms with Gasteiger partial charge in [-0.25, -0.2) is 9.98 Å². The fourth-order valence-electron chi connectivity index (χ4n) is 8.31. The quantitative estimate of drug-likeness (QED) is 0.140. The van der Waals surface area contributed by atoms with Crippen LogP contribution in [0.1, 0.15) is 41.7 Å². The van der Waals surface area contributed by atoms with Gasteiger partial charge in [0, 0.05) is 38.9 Å². The normalized spacial score (nSPS) is 13.4. The minimum atomic E-state index is -0.0787. The minimum Gasteiger partial charge on any atom is -0.455 e. The molecule has 0 aliphatic heterocycles. The number of fused-ring (bicyclic) bond motifs is 8. The zero-order chi connectivity index (χ0) is 37.8. The van der Waals surface area contributed by atoms with E-state index in [4.69, 9.17) is 14.8 Å². The van der Waals surface area contributed by atoms with Crippen molar-refractivity contribution < 1.29 is 4.42 Å². The van der Waals surface area contributed by atoms with Crippen molar-refractivity contribution in [2.24, 2.45) is 9.98 Å². The van der Waals surface area contributed by atoms with Crippen LogP contribution in [0.25, 0.3) is 66.1 Å². The first kappa shape index (κ1) is 33.4. The Hall–Kier alpha value is -7.17. The summed E-state index contributed by atoms with van der Waals surface area (Å²) < 4.78 is 6.62. The molecule has 4 heteroatoms. The fraction of sp³-hybridized carbons (Fsp3) is 0.0577. The molecule has 0 saturated carbocycles. The monoisotopic (exact) mass is 719 g/mol. The highest BCUT2D eigenvalue weighted by atomic mass is 16.3. The van der Waals surface area contributed by atoms with E-state index in [0.717, 1.165) is 55.1 Å². The lowest BCUT2D eigenvalue weighted by atomic mass is 9.81. The van der Waals surface area contributed by atoms with Crippen LogP contribution in [0, 0.1) is 5.41 Å². The van der Waals surface area contributed by atoms with Gasteiger partial charge in [-0.15, -0.1) is 0 Å². The molecule has 0 saturated heterocycles. The average Bonchev–Trinajstić information content (AvgIpc) is 3.74. The third kappa shape index (κ3) is 5.66. The number of benzene rings is 8. The number of amidine groups is 2. The van der Waals surface area contributed by atoms with E-state index in [-0.39, 0.29) is 11.3 Å². The Kier molecular flexibility index (Phi) is 7.93. The highest BCUT2D eigenvalue weighted by Crippen LogP contribution is 2.50. The fourth-order valence-corrected chi connectivity index (χ4v) is 8.31. The molecule has 1 aliphatic carbocycles. The first-order chi connectivity index (χ1) is 27.4. The number of nitrogens with one attached hydrogen (secondary N) is 1. The van der Waals surface area contributed by atoms with E-state index < -0.39 is 0 Å². The smallest absolute Gasteiger partial charge is 0.161 e. The van der Waals surface area contributed by atoms with Gasteiger partial charge < -0.3 is 4.42 Å². The molecule has 9 aromatic rings. The van der Waals surface area contributed by atoms with Crippen LogP contribution in [0.3, 0.4) is 0 Å². The molecule has 0 atom stereocenters. The lowest BCUT2D eigenvalue weighted by Crippen LogP contribution is -2.14. The van der Waals surface area contributed by atoms with Crippen molar-refractivity contribution >= 4 is 50.6 Å². The predicted molar refractivity (Wildman–Crippen MR) is 234 cm³/mol. The molecule has 0 spiro atoms. The number of aliphatic imine (C=N–C) groups is 2. The summed E-state index contributed by atoms with van der Waals surface area (Å²) in [5.74, 6) is 0.655. The van der Waals surface area contributed by atoms with Crippen LogP contribution in [0.5, 0.6) is 0 Å². The maximum Gasteiger partial charge on any atom is 0.161 e. The summed E-state index contributed by atoms with van der Waals surface area (Å²) in [4.78, 5) is 9.38. The minimum absolute atomic E-state index is 0.0787. The largest absolute Gasteiger partial charge is 0.455 e. The van der Waals surface area contributed by atoms with Crippen LogP contribution in [-0.4, -0.2) is 17.9 Å². The van der Waals surface area contributed by atoms with Crippen LogP contribution in [0.2, 0.25) is 0 Å². The van der Waals surface area contributed by atoms with E-state index in [0.29, 0.717) is 5.84 Å². The summed E-state index contributed by atoms with van der Waals surface area (Å²) in [6.07, 6.45) is 1.81. The molecule has 1 N–H and O–H groups in total. The molecule has 4 nitrogen and oxygen atoms in total. The summed E-state index contributed by atoms with van der Waals surface area (Å²) in [7, 11) is 0. The van der Waals surface area contributed by atoms with Crippen molar-refractivity contribution in [3.63, 3.8) is 0 Å². The highest BCUT2D eigenvalue weighted by molar-refractivity contribution is 6.20. The zero-order valence-corrected chi connectivity index (χ0v) is 31.1. The summed E-state index contributed by atoms with van der Waals surface area (Å²) >= 11 is 0. The molecule has 0 bridgehead atoms. The van der Waals surface area contributed by atoms with Gasteiger partial charge in [0.05, 0.1) is 0 Å². The Morgan fingerprint density at radius 1 is 0.518 bits per heavy atom. The Morgan fingerprint density at radius 2 is 1.16 bits per heavy atom. The van der Waals surface area contributed by atoms with Crippen LogP contribution in [0.4, 0.5) is 0 Å². The topological polar surface area (TPSA) is 61.7 Å². The van der Waals surface area contributed by atoms with Crippen molar-refractivity contribution in [3.05, 3.63) is 204 Å². The van der Waals surface area contributed by atoms with E-state index in [9.17, 15) is 0 Å². The SMILES string of the molecule is CC1(C)c2ccccc2-c2ccc(-c3cc4c5cc(-c6ccc(C=NC(=NC(=N)c7ccccc7)c7ccccc7)cc6)ccc5oc4c4ccccc34)cc21. The van der Waals surface area contributed by atoms with Gasteiger partial charge >= 0.3 is 0 Å². The van der Waals surface area contributed by atoms with Gasteiger partial charge in [0.25, 0.3) is 0 Å². The van der Waals surface area contributed by atoms with Crippen LogP contribution >= 0.6 is 0 Å². The summed E-state index contributed by atoms with van der Waals surface area (Å²) in [6, 6.07) is 60.9. The van der Waals surface area contributed by atoms with Gasteiger partial charge in [-0.1, -0.05) is 166 Å². The third-order valence-corrected chi connectivity index (χ3v) is 11.2. The summed E-state index contributed by atoms with van der Waals surface area (Å²) in [6.45, 7) is 4.67. The predicted octanol–water partition coefficient (Wildman–Crippen LogP) is 13.3. The zero-order valence-electron chi connectivity index (χ0n) is 31.1. The molecule has 0 amide bonds. The van der Waals surface area contributed by atoms with Crippen molar-refractivity contribution in [2.75, 3.05) is 0 Å². The molecule has 1 heterocycles. The molecule has 0 radical (unpaired) electrons. The second kappa shape index (κ2) is 13.3. The van der Waals surface area contributed by atoms with Gasteiger partial charge in [-0.05, 0) is 79.7 Å². The maximum absolute atomic E-state index is 8.60. The first-order valence-corrected chi connectivity index (χ1v) is 19.0. The average molecular weight is 720 g/mol. The van der Waals surface area contributed by atoms with E-state index in [1.54, 1.807) is 0 Å². The Labute approximate surface area is 325 Å². The van der Waals surface area contributed by atoms with E-state index >= 15 is 0 Å². The molecule has 1 aliphatic rings. The van der Waals surface area contributed by atoms with Crippen LogP contribution < -0.4 is 0 Å². The Morgan fingerprint density at radius 3 is 1.95 bits per heavy atom. The van der Waals surface area contributed by atoms with E-state index in [1.165, 1.54) is 38.8 Å². The van der Waals surface area contributed by atoms with Gasteiger partial charge in [0.2, 0.25) is 0 Å². The van der Waals surface area contributed by atoms with Gasteiger partial charge in [-0.3, -0.25) is 5.41 Å². The van der Waals surface area contributed by atoms with Gasteiger partial charge in [0.15, 0.2) is 11.7 Å². The van der Waals surface area contributed by atoms with Crippen molar-refractivity contribution in [1.82, 2.24) is 0 Å². The van der Waals surface area contributed by atoms with Crippen molar-refractivity contribution in [3.8, 4) is 33.4 Å². The lowest BCUT2D eigenvalue weighted by molar-refractivity contribution is 0.660. The molecular weight excluding hydrogens is 683 g/mol. The number of rotatable bonds is 5. The molecule has 266 valence electrons. The molecule has 1 aromatic heterocycles. The number of hydrogen-bond acceptors (Lipinski definition) is 2. The molecule has 10 rings (SSSR count). The number of furan rings is 1. The molecular formula is C52H37N3O. The Bertz CT molecular complexity index is 3040. The van der Waals surface area contributed by atoms with Crippen molar-refractivity contribution in [1.29, 1.82) is 5.41 Å². The Balaban J connectivity index is 1.01. The number of hydrogen-bond donors (Lipinski definition) is 1. The summed E-state index contributed by atoms with van der Waals surface area (Å²) in [5.41, 5.74) is 14.3. The molecule has 0 fully saturated rings. The lowest BCUT2D eigenvalue weighted by Gasteiger charge is -2.22. The maximum atomic E-state index is 8.60.